The van der Waals surface area contributed by atoms with E-state index in [1.807, 2.05) is 0 Å². The molecule has 0 fully saturated rings. The Morgan fingerprint density at radius 1 is 1.25 bits per heavy atom. The smallest absolute Gasteiger partial charge is 0.460 e. The Hall–Kier alpha value is -0.500. The SMILES string of the molecule is COC(COC(C)=O)(COP(=O)(O)O)OC. The van der Waals surface area contributed by atoms with Crippen LogP contribution in [0.1, 0.15) is 6.92 Å². The zero-order chi connectivity index (χ0) is 12.8. The number of hydrogen-bond acceptors (Lipinski definition) is 6. The third-order valence-electron chi connectivity index (χ3n) is 1.69. The van der Waals surface area contributed by atoms with Gasteiger partial charge in [0, 0.05) is 21.1 Å². The van der Waals surface area contributed by atoms with Crippen LogP contribution in [-0.4, -0.2) is 49.0 Å². The molecule has 0 aliphatic heterocycles. The second kappa shape index (κ2) is 6.29. The lowest BCUT2D eigenvalue weighted by atomic mass is 10.3. The van der Waals surface area contributed by atoms with E-state index >= 15 is 0 Å². The molecule has 0 saturated carbocycles. The lowest BCUT2D eigenvalue weighted by Gasteiger charge is -2.29. The van der Waals surface area contributed by atoms with Crippen molar-refractivity contribution in [1.29, 1.82) is 0 Å². The predicted molar refractivity (Wildman–Crippen MR) is 51.4 cm³/mol. The van der Waals surface area contributed by atoms with Gasteiger partial charge in [-0.15, -0.1) is 0 Å². The highest BCUT2D eigenvalue weighted by Crippen LogP contribution is 2.37. The number of carbonyl (C=O) groups is 1. The summed E-state index contributed by atoms with van der Waals surface area (Å²) in [5, 5.41) is 0. The zero-order valence-electron chi connectivity index (χ0n) is 9.21. The minimum atomic E-state index is -4.64. The zero-order valence-corrected chi connectivity index (χ0v) is 10.1. The summed E-state index contributed by atoms with van der Waals surface area (Å²) in [4.78, 5) is 27.6. The first kappa shape index (κ1) is 15.5. The molecule has 0 aromatic carbocycles. The van der Waals surface area contributed by atoms with Crippen molar-refractivity contribution in [3.8, 4) is 0 Å². The summed E-state index contributed by atoms with van der Waals surface area (Å²) < 4.78 is 29.1. The van der Waals surface area contributed by atoms with Crippen LogP contribution in [0, 0.1) is 0 Å². The molecule has 96 valence electrons. The van der Waals surface area contributed by atoms with Crippen molar-refractivity contribution in [2.24, 2.45) is 0 Å². The molecular weight excluding hydrogens is 243 g/mol. The Morgan fingerprint density at radius 3 is 2.06 bits per heavy atom. The molecule has 0 unspecified atom stereocenters. The number of hydrogen-bond donors (Lipinski definition) is 2. The standard InChI is InChI=1S/C7H15O8P/c1-6(8)14-4-7(12-2,13-3)5-15-16(9,10)11/h4-5H2,1-3H3,(H2,9,10,11). The van der Waals surface area contributed by atoms with E-state index < -0.39 is 26.2 Å². The molecule has 0 atom stereocenters. The topological polar surface area (TPSA) is 112 Å². The molecule has 8 nitrogen and oxygen atoms in total. The third-order valence-corrected chi connectivity index (χ3v) is 2.16. The lowest BCUT2D eigenvalue weighted by molar-refractivity contribution is -0.247. The van der Waals surface area contributed by atoms with E-state index in [1.165, 1.54) is 21.1 Å². The fraction of sp³-hybridized carbons (Fsp3) is 0.857. The van der Waals surface area contributed by atoms with E-state index in [1.54, 1.807) is 0 Å². The third kappa shape index (κ3) is 6.16. The summed E-state index contributed by atoms with van der Waals surface area (Å²) in [6, 6.07) is 0. The lowest BCUT2D eigenvalue weighted by Crippen LogP contribution is -2.44. The highest BCUT2D eigenvalue weighted by molar-refractivity contribution is 7.46. The number of phosphoric acid groups is 1. The van der Waals surface area contributed by atoms with Crippen LogP contribution < -0.4 is 0 Å². The van der Waals surface area contributed by atoms with Gasteiger partial charge in [-0.3, -0.25) is 9.32 Å². The monoisotopic (exact) mass is 258 g/mol. The Bertz CT molecular complexity index is 268. The highest BCUT2D eigenvalue weighted by Gasteiger charge is 2.35. The van der Waals surface area contributed by atoms with Crippen molar-refractivity contribution in [1.82, 2.24) is 0 Å². The second-order valence-electron chi connectivity index (χ2n) is 2.86. The Balaban J connectivity index is 4.43. The molecule has 0 aromatic heterocycles. The van der Waals surface area contributed by atoms with Gasteiger partial charge < -0.3 is 24.0 Å². The number of ether oxygens (including phenoxy) is 3. The summed E-state index contributed by atoms with van der Waals surface area (Å²) in [6.45, 7) is 0.271. The van der Waals surface area contributed by atoms with Gasteiger partial charge in [0.25, 0.3) is 0 Å². The molecule has 0 radical (unpaired) electrons. The fourth-order valence-electron chi connectivity index (χ4n) is 0.755. The molecule has 0 heterocycles. The van der Waals surface area contributed by atoms with E-state index in [-0.39, 0.29) is 6.61 Å². The van der Waals surface area contributed by atoms with Crippen LogP contribution in [0.3, 0.4) is 0 Å². The van der Waals surface area contributed by atoms with Crippen LogP contribution in [0.2, 0.25) is 0 Å². The minimum Gasteiger partial charge on any atom is -0.460 e. The van der Waals surface area contributed by atoms with E-state index in [0.29, 0.717) is 0 Å². The van der Waals surface area contributed by atoms with Gasteiger partial charge in [-0.1, -0.05) is 0 Å². The molecule has 0 rings (SSSR count). The second-order valence-corrected chi connectivity index (χ2v) is 4.10. The molecule has 2 N–H and O–H groups in total. The van der Waals surface area contributed by atoms with E-state index in [9.17, 15) is 9.36 Å². The highest BCUT2D eigenvalue weighted by atomic mass is 31.2. The maximum Gasteiger partial charge on any atom is 0.469 e. The molecule has 0 aliphatic rings. The van der Waals surface area contributed by atoms with Crippen molar-refractivity contribution >= 4 is 13.8 Å². The van der Waals surface area contributed by atoms with Crippen LogP contribution >= 0.6 is 7.82 Å². The first-order chi connectivity index (χ1) is 7.24. The van der Waals surface area contributed by atoms with Gasteiger partial charge in [-0.2, -0.15) is 0 Å². The van der Waals surface area contributed by atoms with Crippen molar-refractivity contribution in [2.75, 3.05) is 27.4 Å². The summed E-state index contributed by atoms with van der Waals surface area (Å²) in [5.41, 5.74) is 0. The van der Waals surface area contributed by atoms with Gasteiger partial charge in [0.05, 0.1) is 0 Å². The van der Waals surface area contributed by atoms with Gasteiger partial charge in [0.2, 0.25) is 5.79 Å². The fourth-order valence-corrected chi connectivity index (χ4v) is 1.12. The van der Waals surface area contributed by atoms with Crippen LogP contribution in [-0.2, 0) is 28.1 Å². The van der Waals surface area contributed by atoms with E-state index in [0.717, 1.165) is 0 Å². The Labute approximate surface area is 92.7 Å². The van der Waals surface area contributed by atoms with Crippen molar-refractivity contribution in [2.45, 2.75) is 12.7 Å². The summed E-state index contributed by atoms with van der Waals surface area (Å²) in [6.07, 6.45) is 0. The number of esters is 1. The Kier molecular flexibility index (Phi) is 6.09. The van der Waals surface area contributed by atoms with Crippen LogP contribution in [0.25, 0.3) is 0 Å². The average molecular weight is 258 g/mol. The number of carbonyl (C=O) groups excluding carboxylic acids is 1. The molecule has 0 aromatic rings. The predicted octanol–water partition coefficient (Wildman–Crippen LogP) is -0.352. The maximum atomic E-state index is 10.6. The molecule has 0 bridgehead atoms. The van der Waals surface area contributed by atoms with Crippen LogP contribution in [0.15, 0.2) is 0 Å². The maximum absolute atomic E-state index is 10.6. The van der Waals surface area contributed by atoms with Gasteiger partial charge in [0.15, 0.2) is 0 Å². The number of methoxy groups -OCH3 is 2. The Morgan fingerprint density at radius 2 is 1.75 bits per heavy atom. The largest absolute Gasteiger partial charge is 0.469 e. The van der Waals surface area contributed by atoms with Crippen molar-refractivity contribution in [3.63, 3.8) is 0 Å². The molecule has 16 heavy (non-hydrogen) atoms. The summed E-state index contributed by atoms with van der Waals surface area (Å²) >= 11 is 0. The minimum absolute atomic E-state index is 0.338. The molecule has 0 spiro atoms. The van der Waals surface area contributed by atoms with E-state index in [2.05, 4.69) is 9.26 Å². The first-order valence-corrected chi connectivity index (χ1v) is 5.71. The molecular formula is C7H15O8P. The van der Waals surface area contributed by atoms with Crippen molar-refractivity contribution in [3.05, 3.63) is 0 Å². The first-order valence-electron chi connectivity index (χ1n) is 4.18. The van der Waals surface area contributed by atoms with Crippen LogP contribution in [0.5, 0.6) is 0 Å². The van der Waals surface area contributed by atoms with E-state index in [4.69, 9.17) is 19.3 Å². The molecule has 9 heteroatoms. The molecule has 0 amide bonds. The number of rotatable bonds is 7. The number of phosphoric ester groups is 1. The van der Waals surface area contributed by atoms with Gasteiger partial charge >= 0.3 is 13.8 Å². The average Bonchev–Trinajstić information content (AvgIpc) is 2.18. The van der Waals surface area contributed by atoms with Gasteiger partial charge in [-0.05, 0) is 0 Å². The van der Waals surface area contributed by atoms with Gasteiger partial charge in [-0.25, -0.2) is 4.57 Å². The normalized spacial score (nSPS) is 12.6. The molecule has 0 saturated heterocycles. The van der Waals surface area contributed by atoms with Gasteiger partial charge in [0.1, 0.15) is 13.2 Å². The summed E-state index contributed by atoms with van der Waals surface area (Å²) in [7, 11) is -2.17. The van der Waals surface area contributed by atoms with Crippen molar-refractivity contribution < 1.29 is 37.9 Å². The summed E-state index contributed by atoms with van der Waals surface area (Å²) in [5.74, 6) is -2.11. The quantitative estimate of drug-likeness (QED) is 0.362. The van der Waals surface area contributed by atoms with Crippen LogP contribution in [0.4, 0.5) is 0 Å². The molecule has 0 aliphatic carbocycles.